The predicted octanol–water partition coefficient (Wildman–Crippen LogP) is 9.10. The zero-order chi connectivity index (χ0) is 28.4. The Morgan fingerprint density at radius 1 is 0.524 bits per heavy atom. The van der Waals surface area contributed by atoms with Crippen LogP contribution in [0, 0.1) is 6.92 Å². The van der Waals surface area contributed by atoms with Crippen molar-refractivity contribution in [1.82, 2.24) is 8.54 Å². The van der Waals surface area contributed by atoms with E-state index in [0.29, 0.717) is 11.0 Å². The second-order valence-corrected chi connectivity index (χ2v) is 12.5. The van der Waals surface area contributed by atoms with Gasteiger partial charge >= 0.3 is 0 Å². The molecule has 4 nitrogen and oxygen atoms in total. The summed E-state index contributed by atoms with van der Waals surface area (Å²) in [6.07, 6.45) is 0. The first-order valence-corrected chi connectivity index (χ1v) is 15.4. The van der Waals surface area contributed by atoms with E-state index in [9.17, 15) is 8.42 Å². The fourth-order valence-corrected chi connectivity index (χ4v) is 7.81. The summed E-state index contributed by atoms with van der Waals surface area (Å²) in [4.78, 5) is 0.269. The van der Waals surface area contributed by atoms with Crippen LogP contribution in [-0.4, -0.2) is 17.0 Å². The Labute approximate surface area is 243 Å². The molecule has 0 aliphatic rings. The summed E-state index contributed by atoms with van der Waals surface area (Å²) < 4.78 is 32.2. The van der Waals surface area contributed by atoms with Gasteiger partial charge < -0.3 is 4.57 Å². The fourth-order valence-electron chi connectivity index (χ4n) is 6.29. The van der Waals surface area contributed by atoms with Crippen molar-refractivity contribution in [3.63, 3.8) is 0 Å². The molecule has 2 aromatic heterocycles. The standard InChI is InChI=1S/C37H26N2O2S/c1-25-18-21-28(22-19-25)42(40,41)39-34-16-8-5-12-30(34)31-23-20-27(24-36(31)39)38-33-15-7-6-13-32(33)37-29(14-9-17-35(37)38)26-10-3-2-4-11-26/h2-24H,1H3. The van der Waals surface area contributed by atoms with Crippen LogP contribution in [0.1, 0.15) is 5.56 Å². The minimum atomic E-state index is -3.87. The summed E-state index contributed by atoms with van der Waals surface area (Å²) in [6, 6.07) is 46.2. The zero-order valence-electron chi connectivity index (χ0n) is 22.9. The van der Waals surface area contributed by atoms with Gasteiger partial charge in [0.05, 0.1) is 27.0 Å². The molecule has 8 aromatic rings. The van der Waals surface area contributed by atoms with Gasteiger partial charge in [-0.2, -0.15) is 0 Å². The number of hydrogen-bond acceptors (Lipinski definition) is 2. The van der Waals surface area contributed by atoms with Crippen molar-refractivity contribution < 1.29 is 8.42 Å². The number of rotatable bonds is 4. The van der Waals surface area contributed by atoms with E-state index in [1.807, 2.05) is 55.5 Å². The second-order valence-electron chi connectivity index (χ2n) is 10.7. The third-order valence-electron chi connectivity index (χ3n) is 8.21. The van der Waals surface area contributed by atoms with Crippen molar-refractivity contribution in [1.29, 1.82) is 0 Å². The van der Waals surface area contributed by atoms with E-state index in [1.54, 1.807) is 12.1 Å². The lowest BCUT2D eigenvalue weighted by Gasteiger charge is -2.12. The zero-order valence-corrected chi connectivity index (χ0v) is 23.7. The molecule has 0 atom stereocenters. The summed E-state index contributed by atoms with van der Waals surface area (Å²) in [6.45, 7) is 1.96. The first kappa shape index (κ1) is 24.6. The SMILES string of the molecule is Cc1ccc(S(=O)(=O)n2c3ccccc3c3ccc(-n4c5ccccc5c5c(-c6ccccc6)cccc54)cc32)cc1. The van der Waals surface area contributed by atoms with Gasteiger partial charge in [0.15, 0.2) is 0 Å². The molecule has 42 heavy (non-hydrogen) atoms. The minimum absolute atomic E-state index is 0.269. The number of aromatic nitrogens is 2. The van der Waals surface area contributed by atoms with Crippen molar-refractivity contribution in [2.75, 3.05) is 0 Å². The lowest BCUT2D eigenvalue weighted by Crippen LogP contribution is -2.13. The molecule has 5 heteroatoms. The van der Waals surface area contributed by atoms with Crippen molar-refractivity contribution in [3.8, 4) is 16.8 Å². The molecule has 0 unspecified atom stereocenters. The molecule has 6 aromatic carbocycles. The largest absolute Gasteiger partial charge is 0.309 e. The average molecular weight is 563 g/mol. The maximum Gasteiger partial charge on any atom is 0.268 e. The predicted molar refractivity (Wildman–Crippen MR) is 173 cm³/mol. The Morgan fingerprint density at radius 3 is 1.95 bits per heavy atom. The number of benzene rings is 6. The molecule has 0 fully saturated rings. The highest BCUT2D eigenvalue weighted by Crippen LogP contribution is 2.40. The van der Waals surface area contributed by atoms with E-state index in [4.69, 9.17) is 0 Å². The van der Waals surface area contributed by atoms with Gasteiger partial charge in [-0.15, -0.1) is 0 Å². The summed E-state index contributed by atoms with van der Waals surface area (Å²) in [5.74, 6) is 0. The highest BCUT2D eigenvalue weighted by molar-refractivity contribution is 7.90. The second kappa shape index (κ2) is 9.20. The molecule has 0 radical (unpaired) electrons. The average Bonchev–Trinajstić information content (AvgIpc) is 3.55. The summed E-state index contributed by atoms with van der Waals surface area (Å²) >= 11 is 0. The van der Waals surface area contributed by atoms with E-state index >= 15 is 0 Å². The number of nitrogens with zero attached hydrogens (tertiary/aromatic N) is 2. The van der Waals surface area contributed by atoms with Crippen LogP contribution >= 0.6 is 0 Å². The molecule has 0 aliphatic heterocycles. The first-order chi connectivity index (χ1) is 20.5. The van der Waals surface area contributed by atoms with Crippen LogP contribution < -0.4 is 0 Å². The monoisotopic (exact) mass is 562 g/mol. The van der Waals surface area contributed by atoms with Gasteiger partial charge in [-0.1, -0.05) is 103 Å². The van der Waals surface area contributed by atoms with Crippen LogP contribution in [0.3, 0.4) is 0 Å². The highest BCUT2D eigenvalue weighted by Gasteiger charge is 2.24. The molecular formula is C37H26N2O2S. The summed E-state index contributed by atoms with van der Waals surface area (Å²) in [5.41, 5.74) is 7.70. The van der Waals surface area contributed by atoms with Gasteiger partial charge in [-0.05, 0) is 60.5 Å². The molecule has 0 bridgehead atoms. The molecule has 2 heterocycles. The number of fused-ring (bicyclic) bond motifs is 6. The lowest BCUT2D eigenvalue weighted by molar-refractivity contribution is 0.590. The van der Waals surface area contributed by atoms with E-state index in [1.165, 1.54) is 14.9 Å². The number of para-hydroxylation sites is 2. The van der Waals surface area contributed by atoms with Crippen LogP contribution in [0.2, 0.25) is 0 Å². The van der Waals surface area contributed by atoms with E-state index in [-0.39, 0.29) is 4.90 Å². The van der Waals surface area contributed by atoms with E-state index < -0.39 is 10.0 Å². The Bertz CT molecular complexity index is 2420. The molecular weight excluding hydrogens is 536 g/mol. The van der Waals surface area contributed by atoms with Crippen molar-refractivity contribution >= 4 is 53.6 Å². The molecule has 0 amide bonds. The molecule has 0 N–H and O–H groups in total. The number of hydrogen-bond donors (Lipinski definition) is 0. The van der Waals surface area contributed by atoms with Gasteiger partial charge in [0.1, 0.15) is 0 Å². The van der Waals surface area contributed by atoms with Crippen molar-refractivity contribution in [3.05, 3.63) is 145 Å². The molecule has 8 rings (SSSR count). The van der Waals surface area contributed by atoms with Crippen LogP contribution in [0.15, 0.2) is 144 Å². The Morgan fingerprint density at radius 2 is 1.17 bits per heavy atom. The molecule has 0 aliphatic carbocycles. The molecule has 0 saturated carbocycles. The fraction of sp³-hybridized carbons (Fsp3) is 0.0270. The van der Waals surface area contributed by atoms with Gasteiger partial charge in [0.25, 0.3) is 10.0 Å². The smallest absolute Gasteiger partial charge is 0.268 e. The van der Waals surface area contributed by atoms with Crippen LogP contribution in [0.5, 0.6) is 0 Å². The highest BCUT2D eigenvalue weighted by atomic mass is 32.2. The molecule has 0 saturated heterocycles. The van der Waals surface area contributed by atoms with Gasteiger partial charge in [-0.3, -0.25) is 0 Å². The summed E-state index contributed by atoms with van der Waals surface area (Å²) in [5, 5.41) is 4.13. The topological polar surface area (TPSA) is 44.0 Å². The van der Waals surface area contributed by atoms with Crippen molar-refractivity contribution in [2.45, 2.75) is 11.8 Å². The van der Waals surface area contributed by atoms with E-state index in [0.717, 1.165) is 44.0 Å². The Balaban J connectivity index is 1.46. The Kier molecular flexibility index (Phi) is 5.40. The maximum absolute atomic E-state index is 14.2. The Hall–Kier alpha value is -5.13. The quantitative estimate of drug-likeness (QED) is 0.215. The molecule has 202 valence electrons. The van der Waals surface area contributed by atoms with Crippen LogP contribution in [0.25, 0.3) is 60.4 Å². The lowest BCUT2D eigenvalue weighted by atomic mass is 9.99. The number of aryl methyl sites for hydroxylation is 1. The van der Waals surface area contributed by atoms with E-state index in [2.05, 4.69) is 83.4 Å². The van der Waals surface area contributed by atoms with Gasteiger partial charge in [0.2, 0.25) is 0 Å². The van der Waals surface area contributed by atoms with Crippen LogP contribution in [0.4, 0.5) is 0 Å². The summed E-state index contributed by atoms with van der Waals surface area (Å²) in [7, 11) is -3.87. The van der Waals surface area contributed by atoms with Crippen LogP contribution in [-0.2, 0) is 10.0 Å². The third kappa shape index (κ3) is 3.57. The van der Waals surface area contributed by atoms with Crippen molar-refractivity contribution in [2.24, 2.45) is 0 Å². The molecule has 0 spiro atoms. The normalized spacial score (nSPS) is 12.1. The first-order valence-electron chi connectivity index (χ1n) is 14.0. The maximum atomic E-state index is 14.2. The third-order valence-corrected chi connectivity index (χ3v) is 9.95. The minimum Gasteiger partial charge on any atom is -0.309 e. The van der Waals surface area contributed by atoms with Gasteiger partial charge in [-0.25, -0.2) is 12.4 Å². The van der Waals surface area contributed by atoms with Gasteiger partial charge in [0, 0.05) is 27.2 Å².